The number of aryl methyl sites for hydroxylation is 1. The molecule has 0 unspecified atom stereocenters. The summed E-state index contributed by atoms with van der Waals surface area (Å²) in [6.45, 7) is 1.86. The molecule has 0 saturated heterocycles. The van der Waals surface area contributed by atoms with Gasteiger partial charge in [0.2, 0.25) is 0 Å². The Kier molecular flexibility index (Phi) is 3.98. The van der Waals surface area contributed by atoms with Crippen molar-refractivity contribution in [3.05, 3.63) is 57.6 Å². The highest BCUT2D eigenvalue weighted by Gasteiger charge is 2.13. The third-order valence-electron chi connectivity index (χ3n) is 2.69. The van der Waals surface area contributed by atoms with Crippen molar-refractivity contribution in [2.24, 2.45) is 0 Å². The van der Waals surface area contributed by atoms with Crippen molar-refractivity contribution in [2.45, 2.75) is 6.92 Å². The average molecular weight is 295 g/mol. The number of benzene rings is 2. The van der Waals surface area contributed by atoms with Crippen LogP contribution in [0.25, 0.3) is 0 Å². The van der Waals surface area contributed by atoms with Gasteiger partial charge in [-0.2, -0.15) is 0 Å². The molecule has 0 bridgehead atoms. The van der Waals surface area contributed by atoms with E-state index in [-0.39, 0.29) is 5.91 Å². The van der Waals surface area contributed by atoms with E-state index in [1.807, 2.05) is 19.1 Å². The van der Waals surface area contributed by atoms with Crippen LogP contribution in [0.1, 0.15) is 15.9 Å². The van der Waals surface area contributed by atoms with Gasteiger partial charge < -0.3 is 11.1 Å². The summed E-state index contributed by atoms with van der Waals surface area (Å²) in [7, 11) is 0. The Morgan fingerprint density at radius 1 is 1.16 bits per heavy atom. The van der Waals surface area contributed by atoms with Crippen LogP contribution in [0.15, 0.2) is 36.4 Å². The van der Waals surface area contributed by atoms with E-state index < -0.39 is 0 Å². The minimum Gasteiger partial charge on any atom is -0.399 e. The zero-order valence-electron chi connectivity index (χ0n) is 10.2. The number of rotatable bonds is 2. The number of amides is 1. The summed E-state index contributed by atoms with van der Waals surface area (Å²) in [6, 6.07) is 10.4. The number of nitrogen functional groups attached to an aromatic ring is 1. The molecule has 3 N–H and O–H groups in total. The SMILES string of the molecule is Cc1ccccc1C(=O)Nc1c(Cl)cc(N)cc1Cl. The maximum Gasteiger partial charge on any atom is 0.256 e. The van der Waals surface area contributed by atoms with Crippen molar-refractivity contribution in [3.8, 4) is 0 Å². The third kappa shape index (κ3) is 3.00. The molecule has 0 heterocycles. The Balaban J connectivity index is 2.32. The second-order valence-corrected chi connectivity index (χ2v) is 4.94. The van der Waals surface area contributed by atoms with Crippen molar-refractivity contribution >= 4 is 40.5 Å². The van der Waals surface area contributed by atoms with Crippen LogP contribution < -0.4 is 11.1 Å². The summed E-state index contributed by atoms with van der Waals surface area (Å²) in [5.41, 5.74) is 7.88. The molecule has 0 aliphatic carbocycles. The topological polar surface area (TPSA) is 55.1 Å². The number of carbonyl (C=O) groups is 1. The van der Waals surface area contributed by atoms with Crippen LogP contribution in [-0.2, 0) is 0 Å². The Hall–Kier alpha value is -1.71. The Bertz CT molecular complexity index is 618. The summed E-state index contributed by atoms with van der Waals surface area (Å²) in [5, 5.41) is 3.33. The molecule has 5 heteroatoms. The molecule has 2 aromatic carbocycles. The van der Waals surface area contributed by atoms with E-state index in [1.54, 1.807) is 24.3 Å². The van der Waals surface area contributed by atoms with E-state index in [1.165, 1.54) is 0 Å². The smallest absolute Gasteiger partial charge is 0.256 e. The van der Waals surface area contributed by atoms with Gasteiger partial charge in [-0.1, -0.05) is 41.4 Å². The summed E-state index contributed by atoms with van der Waals surface area (Å²) in [5.74, 6) is -0.258. The van der Waals surface area contributed by atoms with Crippen molar-refractivity contribution in [1.82, 2.24) is 0 Å². The minimum absolute atomic E-state index is 0.258. The number of nitrogens with one attached hydrogen (secondary N) is 1. The van der Waals surface area contributed by atoms with E-state index in [0.717, 1.165) is 5.56 Å². The Morgan fingerprint density at radius 3 is 2.32 bits per heavy atom. The first kappa shape index (κ1) is 13.7. The molecule has 19 heavy (non-hydrogen) atoms. The molecule has 0 atom stereocenters. The molecule has 2 aromatic rings. The van der Waals surface area contributed by atoms with Gasteiger partial charge in [0.15, 0.2) is 0 Å². The van der Waals surface area contributed by atoms with Crippen LogP contribution in [0.5, 0.6) is 0 Å². The molecule has 3 nitrogen and oxygen atoms in total. The number of halogens is 2. The van der Waals surface area contributed by atoms with Crippen molar-refractivity contribution in [3.63, 3.8) is 0 Å². The van der Waals surface area contributed by atoms with Gasteiger partial charge in [-0.15, -0.1) is 0 Å². The average Bonchev–Trinajstić information content (AvgIpc) is 2.34. The molecule has 0 spiro atoms. The van der Waals surface area contributed by atoms with Crippen LogP contribution in [0.2, 0.25) is 10.0 Å². The molecule has 0 aliphatic rings. The van der Waals surface area contributed by atoms with Crippen LogP contribution in [0.3, 0.4) is 0 Å². The minimum atomic E-state index is -0.258. The fourth-order valence-corrected chi connectivity index (χ4v) is 2.32. The summed E-state index contributed by atoms with van der Waals surface area (Å²) >= 11 is 12.1. The summed E-state index contributed by atoms with van der Waals surface area (Å²) in [6.07, 6.45) is 0. The maximum absolute atomic E-state index is 12.2. The molecule has 0 aromatic heterocycles. The molecule has 0 aliphatic heterocycles. The van der Waals surface area contributed by atoms with Gasteiger partial charge in [-0.25, -0.2) is 0 Å². The fraction of sp³-hybridized carbons (Fsp3) is 0.0714. The second-order valence-electron chi connectivity index (χ2n) is 4.13. The molecule has 2 rings (SSSR count). The number of nitrogens with two attached hydrogens (primary N) is 1. The van der Waals surface area contributed by atoms with Gasteiger partial charge in [0.1, 0.15) is 0 Å². The van der Waals surface area contributed by atoms with E-state index >= 15 is 0 Å². The normalized spacial score (nSPS) is 10.3. The van der Waals surface area contributed by atoms with Gasteiger partial charge in [-0.3, -0.25) is 4.79 Å². The lowest BCUT2D eigenvalue weighted by atomic mass is 10.1. The molecule has 0 radical (unpaired) electrons. The van der Waals surface area contributed by atoms with Gasteiger partial charge in [-0.05, 0) is 30.7 Å². The first-order chi connectivity index (χ1) is 8.99. The van der Waals surface area contributed by atoms with Crippen molar-refractivity contribution in [1.29, 1.82) is 0 Å². The molecular weight excluding hydrogens is 283 g/mol. The number of carbonyl (C=O) groups excluding carboxylic acids is 1. The van der Waals surface area contributed by atoms with E-state index in [0.29, 0.717) is 27.0 Å². The van der Waals surface area contributed by atoms with Crippen LogP contribution in [0, 0.1) is 6.92 Å². The lowest BCUT2D eigenvalue weighted by Crippen LogP contribution is -2.14. The highest BCUT2D eigenvalue weighted by molar-refractivity contribution is 6.40. The van der Waals surface area contributed by atoms with Crippen LogP contribution in [0.4, 0.5) is 11.4 Å². The van der Waals surface area contributed by atoms with Crippen LogP contribution >= 0.6 is 23.2 Å². The molecular formula is C14H12Cl2N2O. The number of hydrogen-bond donors (Lipinski definition) is 2. The zero-order chi connectivity index (χ0) is 14.0. The highest BCUT2D eigenvalue weighted by atomic mass is 35.5. The van der Waals surface area contributed by atoms with Crippen molar-refractivity contribution < 1.29 is 4.79 Å². The van der Waals surface area contributed by atoms with Gasteiger partial charge in [0.05, 0.1) is 15.7 Å². The van der Waals surface area contributed by atoms with E-state index in [4.69, 9.17) is 28.9 Å². The summed E-state index contributed by atoms with van der Waals surface area (Å²) in [4.78, 5) is 12.2. The fourth-order valence-electron chi connectivity index (χ4n) is 1.72. The summed E-state index contributed by atoms with van der Waals surface area (Å²) < 4.78 is 0. The van der Waals surface area contributed by atoms with E-state index in [2.05, 4.69) is 5.32 Å². The Labute approximate surface area is 121 Å². The van der Waals surface area contributed by atoms with Gasteiger partial charge in [0.25, 0.3) is 5.91 Å². The standard InChI is InChI=1S/C14H12Cl2N2O/c1-8-4-2-3-5-10(8)14(19)18-13-11(15)6-9(17)7-12(13)16/h2-7H,17H2,1H3,(H,18,19). The predicted octanol–water partition coefficient (Wildman–Crippen LogP) is 4.14. The predicted molar refractivity (Wildman–Crippen MR) is 80.0 cm³/mol. The highest BCUT2D eigenvalue weighted by Crippen LogP contribution is 2.33. The second kappa shape index (κ2) is 5.51. The molecule has 1 amide bonds. The van der Waals surface area contributed by atoms with Crippen LogP contribution in [-0.4, -0.2) is 5.91 Å². The lowest BCUT2D eigenvalue weighted by molar-refractivity contribution is 0.102. The number of anilines is 2. The molecule has 0 fully saturated rings. The monoisotopic (exact) mass is 294 g/mol. The van der Waals surface area contributed by atoms with E-state index in [9.17, 15) is 4.79 Å². The first-order valence-corrected chi connectivity index (χ1v) is 6.36. The third-order valence-corrected chi connectivity index (χ3v) is 3.29. The maximum atomic E-state index is 12.2. The lowest BCUT2D eigenvalue weighted by Gasteiger charge is -2.11. The molecule has 98 valence electrons. The zero-order valence-corrected chi connectivity index (χ0v) is 11.7. The largest absolute Gasteiger partial charge is 0.399 e. The van der Waals surface area contributed by atoms with Gasteiger partial charge in [0, 0.05) is 11.3 Å². The van der Waals surface area contributed by atoms with Crippen molar-refractivity contribution in [2.75, 3.05) is 11.1 Å². The number of hydrogen-bond acceptors (Lipinski definition) is 2. The first-order valence-electron chi connectivity index (χ1n) is 5.60. The Morgan fingerprint density at radius 2 is 1.74 bits per heavy atom. The van der Waals surface area contributed by atoms with Gasteiger partial charge >= 0.3 is 0 Å². The molecule has 0 saturated carbocycles. The quantitative estimate of drug-likeness (QED) is 0.818.